The van der Waals surface area contributed by atoms with Gasteiger partial charge < -0.3 is 31.6 Å². The number of rotatable bonds is 12. The van der Waals surface area contributed by atoms with Gasteiger partial charge in [-0.1, -0.05) is 48.5 Å². The summed E-state index contributed by atoms with van der Waals surface area (Å²) in [6.45, 7) is 1.69. The van der Waals surface area contributed by atoms with Crippen molar-refractivity contribution >= 4 is 34.6 Å². The quantitative estimate of drug-likeness (QED) is 0.156. The van der Waals surface area contributed by atoms with Crippen LogP contribution in [0.2, 0.25) is 0 Å². The topological polar surface area (TPSA) is 148 Å². The lowest BCUT2D eigenvalue weighted by Crippen LogP contribution is -2.50. The zero-order valence-corrected chi connectivity index (χ0v) is 23.0. The van der Waals surface area contributed by atoms with E-state index in [0.29, 0.717) is 38.2 Å². The van der Waals surface area contributed by atoms with E-state index in [9.17, 15) is 14.4 Å². The number of unbranched alkanes of at least 4 members (excludes halogenated alkanes) is 1. The second kappa shape index (κ2) is 13.6. The van der Waals surface area contributed by atoms with E-state index in [1.165, 1.54) is 0 Å². The van der Waals surface area contributed by atoms with Gasteiger partial charge in [-0.15, -0.1) is 0 Å². The molecule has 4 rings (SSSR count). The van der Waals surface area contributed by atoms with Crippen LogP contribution in [0.4, 0.5) is 0 Å². The maximum absolute atomic E-state index is 13.9. The molecule has 10 heteroatoms. The van der Waals surface area contributed by atoms with Crippen molar-refractivity contribution in [3.05, 3.63) is 71.9 Å². The van der Waals surface area contributed by atoms with E-state index in [1.807, 2.05) is 72.3 Å². The smallest absolute Gasteiger partial charge is 0.267 e. The number of nitrogens with one attached hydrogen (secondary N) is 2. The summed E-state index contributed by atoms with van der Waals surface area (Å²) in [4.78, 5) is 45.7. The number of aliphatic imine (C=N–C) groups is 1. The van der Waals surface area contributed by atoms with Crippen molar-refractivity contribution in [1.29, 1.82) is 0 Å². The number of benzene rings is 2. The molecule has 2 atom stereocenters. The molecule has 40 heavy (non-hydrogen) atoms. The summed E-state index contributed by atoms with van der Waals surface area (Å²) in [5.41, 5.74) is 13.2. The van der Waals surface area contributed by atoms with Crippen LogP contribution in [0.15, 0.2) is 65.7 Å². The Labute approximate surface area is 234 Å². The van der Waals surface area contributed by atoms with E-state index in [1.54, 1.807) is 4.90 Å². The van der Waals surface area contributed by atoms with Gasteiger partial charge in [-0.25, -0.2) is 0 Å². The molecule has 3 aromatic rings. The third-order valence-corrected chi connectivity index (χ3v) is 7.38. The van der Waals surface area contributed by atoms with Crippen molar-refractivity contribution in [1.82, 2.24) is 20.1 Å². The Hall–Kier alpha value is -4.34. The SMILES string of the molecule is Cn1c(C(=O)NC[C@H](Cc2ccccc2)C(=O)N2CCC[C@H]2C(=O)NCCCCN=C(N)N)cc2ccccc21. The molecule has 0 bridgehead atoms. The Morgan fingerprint density at radius 3 is 2.52 bits per heavy atom. The molecule has 1 fully saturated rings. The highest BCUT2D eigenvalue weighted by atomic mass is 16.2. The predicted molar refractivity (Wildman–Crippen MR) is 157 cm³/mol. The first-order valence-corrected chi connectivity index (χ1v) is 13.9. The highest BCUT2D eigenvalue weighted by Gasteiger charge is 2.37. The molecule has 212 valence electrons. The van der Waals surface area contributed by atoms with Crippen LogP contribution in [-0.4, -0.2) is 65.4 Å². The molecule has 6 N–H and O–H groups in total. The van der Waals surface area contributed by atoms with Gasteiger partial charge in [0.05, 0.1) is 5.92 Å². The third-order valence-electron chi connectivity index (χ3n) is 7.38. The lowest BCUT2D eigenvalue weighted by Gasteiger charge is -2.28. The summed E-state index contributed by atoms with van der Waals surface area (Å²) in [5.74, 6) is -0.949. The predicted octanol–water partition coefficient (Wildman–Crippen LogP) is 1.93. The molecule has 2 aromatic carbocycles. The first-order valence-electron chi connectivity index (χ1n) is 13.9. The van der Waals surface area contributed by atoms with E-state index in [0.717, 1.165) is 35.7 Å². The molecule has 10 nitrogen and oxygen atoms in total. The number of para-hydroxylation sites is 1. The van der Waals surface area contributed by atoms with Crippen molar-refractivity contribution in [2.45, 2.75) is 38.1 Å². The Bertz CT molecular complexity index is 1350. The van der Waals surface area contributed by atoms with Crippen LogP contribution in [0.3, 0.4) is 0 Å². The van der Waals surface area contributed by atoms with E-state index in [4.69, 9.17) is 11.5 Å². The van der Waals surface area contributed by atoms with Gasteiger partial charge in [0.15, 0.2) is 5.96 Å². The van der Waals surface area contributed by atoms with Crippen LogP contribution in [-0.2, 0) is 23.1 Å². The number of carbonyl (C=O) groups excluding carboxylic acids is 3. The fourth-order valence-electron chi connectivity index (χ4n) is 5.27. The summed E-state index contributed by atoms with van der Waals surface area (Å²) >= 11 is 0. The van der Waals surface area contributed by atoms with E-state index in [-0.39, 0.29) is 30.2 Å². The van der Waals surface area contributed by atoms with Gasteiger partial charge in [0.1, 0.15) is 11.7 Å². The van der Waals surface area contributed by atoms with Gasteiger partial charge >= 0.3 is 0 Å². The second-order valence-corrected chi connectivity index (χ2v) is 10.2. The van der Waals surface area contributed by atoms with E-state index in [2.05, 4.69) is 15.6 Å². The maximum atomic E-state index is 13.9. The highest BCUT2D eigenvalue weighted by Crippen LogP contribution is 2.23. The Balaban J connectivity index is 1.41. The highest BCUT2D eigenvalue weighted by molar-refractivity contribution is 5.99. The minimum Gasteiger partial charge on any atom is -0.370 e. The number of aromatic nitrogens is 1. The van der Waals surface area contributed by atoms with Crippen LogP contribution < -0.4 is 22.1 Å². The summed E-state index contributed by atoms with van der Waals surface area (Å²) in [6, 6.07) is 18.9. The van der Waals surface area contributed by atoms with Crippen molar-refractivity contribution in [2.75, 3.05) is 26.2 Å². The molecular formula is C30H39N7O3. The van der Waals surface area contributed by atoms with E-state index >= 15 is 0 Å². The van der Waals surface area contributed by atoms with Crippen LogP contribution in [0.1, 0.15) is 41.7 Å². The van der Waals surface area contributed by atoms with Gasteiger partial charge in [-0.3, -0.25) is 19.4 Å². The zero-order valence-electron chi connectivity index (χ0n) is 23.0. The van der Waals surface area contributed by atoms with Crippen LogP contribution >= 0.6 is 0 Å². The summed E-state index contributed by atoms with van der Waals surface area (Å²) in [7, 11) is 1.86. The molecule has 1 aromatic heterocycles. The number of fused-ring (bicyclic) bond motifs is 1. The number of nitrogens with two attached hydrogens (primary N) is 2. The summed E-state index contributed by atoms with van der Waals surface area (Å²) in [6.07, 6.45) is 3.33. The average molecular weight is 546 g/mol. The fraction of sp³-hybridized carbons (Fsp3) is 0.400. The minimum atomic E-state index is -0.516. The fourth-order valence-corrected chi connectivity index (χ4v) is 5.27. The Morgan fingerprint density at radius 1 is 1.02 bits per heavy atom. The van der Waals surface area contributed by atoms with Crippen molar-refractivity contribution in [3.8, 4) is 0 Å². The third kappa shape index (κ3) is 7.19. The molecule has 1 saturated heterocycles. The first kappa shape index (κ1) is 28.7. The Kier molecular flexibility index (Phi) is 9.77. The van der Waals surface area contributed by atoms with Gasteiger partial charge in [-0.05, 0) is 49.8 Å². The largest absolute Gasteiger partial charge is 0.370 e. The number of guanidine groups is 1. The van der Waals surface area contributed by atoms with E-state index < -0.39 is 12.0 Å². The number of likely N-dealkylation sites (tertiary alicyclic amines) is 1. The normalized spacial score (nSPS) is 15.5. The number of aryl methyl sites for hydroxylation is 1. The maximum Gasteiger partial charge on any atom is 0.267 e. The van der Waals surface area contributed by atoms with Gasteiger partial charge in [0, 0.05) is 44.1 Å². The van der Waals surface area contributed by atoms with Gasteiger partial charge in [0.25, 0.3) is 5.91 Å². The van der Waals surface area contributed by atoms with Crippen LogP contribution in [0.5, 0.6) is 0 Å². The molecule has 0 unspecified atom stereocenters. The van der Waals surface area contributed by atoms with Crippen LogP contribution in [0, 0.1) is 5.92 Å². The van der Waals surface area contributed by atoms with Crippen molar-refractivity contribution in [2.24, 2.45) is 29.4 Å². The number of hydrogen-bond donors (Lipinski definition) is 4. The molecule has 1 aliphatic rings. The first-order chi connectivity index (χ1) is 19.3. The zero-order chi connectivity index (χ0) is 28.5. The minimum absolute atomic E-state index is 0.0578. The molecule has 1 aliphatic heterocycles. The van der Waals surface area contributed by atoms with Crippen molar-refractivity contribution < 1.29 is 14.4 Å². The number of nitrogens with zero attached hydrogens (tertiary/aromatic N) is 3. The lowest BCUT2D eigenvalue weighted by atomic mass is 9.97. The molecule has 0 saturated carbocycles. The van der Waals surface area contributed by atoms with Gasteiger partial charge in [-0.2, -0.15) is 0 Å². The van der Waals surface area contributed by atoms with Gasteiger partial charge in [0.2, 0.25) is 11.8 Å². The van der Waals surface area contributed by atoms with Crippen molar-refractivity contribution in [3.63, 3.8) is 0 Å². The molecule has 3 amide bonds. The number of amides is 3. The molecule has 0 spiro atoms. The lowest BCUT2D eigenvalue weighted by molar-refractivity contribution is -0.141. The summed E-state index contributed by atoms with van der Waals surface area (Å²) in [5, 5.41) is 6.94. The molecular weight excluding hydrogens is 506 g/mol. The second-order valence-electron chi connectivity index (χ2n) is 10.2. The monoisotopic (exact) mass is 545 g/mol. The number of hydrogen-bond acceptors (Lipinski definition) is 4. The van der Waals surface area contributed by atoms with Crippen LogP contribution in [0.25, 0.3) is 10.9 Å². The average Bonchev–Trinajstić information content (AvgIpc) is 3.58. The number of carbonyl (C=O) groups is 3. The molecule has 0 radical (unpaired) electrons. The Morgan fingerprint density at radius 2 is 1.77 bits per heavy atom. The molecule has 0 aliphatic carbocycles. The standard InChI is InChI=1S/C30H39N7O3/c1-36-24-13-6-5-12-22(24)19-26(36)28(39)35-20-23(18-21-10-3-2-4-11-21)29(40)37-17-9-14-25(37)27(38)33-15-7-8-16-34-30(31)32/h2-6,10-13,19,23,25H,7-9,14-18,20H2,1H3,(H,33,38)(H,35,39)(H4,31,32,34)/t23-,25-/m0/s1. The molecule has 2 heterocycles. The summed E-state index contributed by atoms with van der Waals surface area (Å²) < 4.78 is 1.86.